The number of para-hydroxylation sites is 1. The van der Waals surface area contributed by atoms with Crippen molar-refractivity contribution in [3.05, 3.63) is 66.4 Å². The summed E-state index contributed by atoms with van der Waals surface area (Å²) < 4.78 is 50.2. The van der Waals surface area contributed by atoms with E-state index >= 15 is 0 Å². The number of nitrogens with one attached hydrogen (secondary N) is 1. The quantitative estimate of drug-likeness (QED) is 0.690. The van der Waals surface area contributed by atoms with Gasteiger partial charge in [0.05, 0.1) is 7.11 Å². The third-order valence-electron chi connectivity index (χ3n) is 3.34. The number of nitrogens with zero attached hydrogens (tertiary/aromatic N) is 2. The van der Waals surface area contributed by atoms with E-state index in [0.29, 0.717) is 17.6 Å². The Balaban J connectivity index is 1.95. The number of hydrogen-bond donors (Lipinski definition) is 1. The van der Waals surface area contributed by atoms with Gasteiger partial charge in [0.2, 0.25) is 11.8 Å². The lowest BCUT2D eigenvalue weighted by atomic mass is 10.3. The minimum Gasteiger partial charge on any atom is -0.497 e. The molecule has 0 fully saturated rings. The van der Waals surface area contributed by atoms with Crippen molar-refractivity contribution >= 4 is 11.6 Å². The highest BCUT2D eigenvalue weighted by Crippen LogP contribution is 2.37. The number of hydrogen-bond acceptors (Lipinski definition) is 5. The smallest absolute Gasteiger partial charge is 0.423 e. The largest absolute Gasteiger partial charge is 0.497 e. The third-order valence-corrected chi connectivity index (χ3v) is 3.34. The van der Waals surface area contributed by atoms with Crippen molar-refractivity contribution in [2.24, 2.45) is 0 Å². The molecule has 0 radical (unpaired) electrons. The van der Waals surface area contributed by atoms with Gasteiger partial charge in [0.1, 0.15) is 17.1 Å². The lowest BCUT2D eigenvalue weighted by Gasteiger charge is -2.14. The molecule has 0 saturated heterocycles. The highest BCUT2D eigenvalue weighted by molar-refractivity contribution is 5.53. The number of aromatic nitrogens is 2. The van der Waals surface area contributed by atoms with Crippen LogP contribution in [-0.2, 0) is 6.18 Å². The Kier molecular flexibility index (Phi) is 4.92. The molecule has 3 aromatic rings. The summed E-state index contributed by atoms with van der Waals surface area (Å²) in [6.07, 6.45) is -3.97. The molecule has 0 atom stereocenters. The molecule has 0 saturated carbocycles. The van der Waals surface area contributed by atoms with E-state index in [2.05, 4.69) is 15.3 Å². The van der Waals surface area contributed by atoms with Crippen LogP contribution in [0.5, 0.6) is 17.4 Å². The van der Waals surface area contributed by atoms with E-state index in [1.807, 2.05) is 6.07 Å². The monoisotopic (exact) mass is 361 g/mol. The summed E-state index contributed by atoms with van der Waals surface area (Å²) in [5, 5.41) is 2.84. The van der Waals surface area contributed by atoms with Crippen molar-refractivity contribution < 1.29 is 22.6 Å². The predicted molar refractivity (Wildman–Crippen MR) is 89.8 cm³/mol. The first-order chi connectivity index (χ1) is 12.5. The standard InChI is InChI=1S/C18H14F3N3O2/c1-25-13-8-5-9-14(10-13)26-16-15(18(19,20)21)11-22-17(24-16)23-12-6-3-2-4-7-12/h2-11H,1H3,(H,22,23,24). The number of ether oxygens (including phenoxy) is 2. The molecule has 0 aliphatic heterocycles. The topological polar surface area (TPSA) is 56.3 Å². The van der Waals surface area contributed by atoms with Crippen LogP contribution in [0.4, 0.5) is 24.8 Å². The van der Waals surface area contributed by atoms with Crippen molar-refractivity contribution in [1.29, 1.82) is 0 Å². The second kappa shape index (κ2) is 7.30. The van der Waals surface area contributed by atoms with Crippen LogP contribution in [0.15, 0.2) is 60.8 Å². The Hall–Kier alpha value is -3.29. The van der Waals surface area contributed by atoms with Crippen LogP contribution in [0, 0.1) is 0 Å². The second-order valence-electron chi connectivity index (χ2n) is 5.18. The second-order valence-corrected chi connectivity index (χ2v) is 5.18. The first kappa shape index (κ1) is 17.5. The molecule has 134 valence electrons. The number of rotatable bonds is 5. The van der Waals surface area contributed by atoms with Crippen LogP contribution in [0.2, 0.25) is 0 Å². The first-order valence-electron chi connectivity index (χ1n) is 7.54. The molecule has 0 bridgehead atoms. The highest BCUT2D eigenvalue weighted by atomic mass is 19.4. The molecule has 0 amide bonds. The molecular weight excluding hydrogens is 347 g/mol. The van der Waals surface area contributed by atoms with Crippen LogP contribution < -0.4 is 14.8 Å². The minimum atomic E-state index is -4.65. The third kappa shape index (κ3) is 4.21. The Morgan fingerprint density at radius 3 is 2.38 bits per heavy atom. The zero-order chi connectivity index (χ0) is 18.6. The summed E-state index contributed by atoms with van der Waals surface area (Å²) in [6, 6.07) is 15.1. The van der Waals surface area contributed by atoms with Gasteiger partial charge < -0.3 is 14.8 Å². The maximum atomic E-state index is 13.3. The highest BCUT2D eigenvalue weighted by Gasteiger charge is 2.36. The first-order valence-corrected chi connectivity index (χ1v) is 7.54. The van der Waals surface area contributed by atoms with Crippen LogP contribution in [0.3, 0.4) is 0 Å². The van der Waals surface area contributed by atoms with E-state index in [4.69, 9.17) is 9.47 Å². The summed E-state index contributed by atoms with van der Waals surface area (Å²) >= 11 is 0. The van der Waals surface area contributed by atoms with Gasteiger partial charge in [0.15, 0.2) is 0 Å². The van der Waals surface area contributed by atoms with E-state index in [9.17, 15) is 13.2 Å². The van der Waals surface area contributed by atoms with Crippen molar-refractivity contribution in [3.63, 3.8) is 0 Å². The molecule has 0 aliphatic carbocycles. The van der Waals surface area contributed by atoms with Crippen molar-refractivity contribution in [2.75, 3.05) is 12.4 Å². The van der Waals surface area contributed by atoms with Crippen LogP contribution >= 0.6 is 0 Å². The minimum absolute atomic E-state index is 0.0119. The van der Waals surface area contributed by atoms with Gasteiger partial charge >= 0.3 is 6.18 Å². The van der Waals surface area contributed by atoms with Gasteiger partial charge in [-0.3, -0.25) is 0 Å². The van der Waals surface area contributed by atoms with Crippen LogP contribution in [0.1, 0.15) is 5.56 Å². The fourth-order valence-electron chi connectivity index (χ4n) is 2.13. The summed E-state index contributed by atoms with van der Waals surface area (Å²) in [5.41, 5.74) is -0.432. The summed E-state index contributed by atoms with van der Waals surface area (Å²) in [6.45, 7) is 0. The molecule has 0 spiro atoms. The van der Waals surface area contributed by atoms with Gasteiger partial charge in [0, 0.05) is 18.0 Å². The molecule has 0 aliphatic rings. The molecule has 0 unspecified atom stereocenters. The average Bonchev–Trinajstić information content (AvgIpc) is 2.62. The van der Waals surface area contributed by atoms with Gasteiger partial charge in [0.25, 0.3) is 0 Å². The summed E-state index contributed by atoms with van der Waals surface area (Å²) in [7, 11) is 1.45. The zero-order valence-electron chi connectivity index (χ0n) is 13.6. The van der Waals surface area contributed by atoms with E-state index in [0.717, 1.165) is 0 Å². The molecule has 1 N–H and O–H groups in total. The molecule has 1 aromatic heterocycles. The molecule has 26 heavy (non-hydrogen) atoms. The van der Waals surface area contributed by atoms with E-state index in [-0.39, 0.29) is 11.7 Å². The Labute approximate surface area is 147 Å². The predicted octanol–water partition coefficient (Wildman–Crippen LogP) is 5.04. The van der Waals surface area contributed by atoms with Crippen molar-refractivity contribution in [3.8, 4) is 17.4 Å². The molecule has 8 heteroatoms. The normalized spacial score (nSPS) is 11.1. The maximum Gasteiger partial charge on any atom is 0.423 e. The van der Waals surface area contributed by atoms with Gasteiger partial charge in [-0.25, -0.2) is 4.98 Å². The maximum absolute atomic E-state index is 13.3. The Morgan fingerprint density at radius 1 is 0.962 bits per heavy atom. The lowest BCUT2D eigenvalue weighted by Crippen LogP contribution is -2.11. The zero-order valence-corrected chi connectivity index (χ0v) is 13.6. The van der Waals surface area contributed by atoms with Crippen molar-refractivity contribution in [2.45, 2.75) is 6.18 Å². The van der Waals surface area contributed by atoms with Gasteiger partial charge in [-0.1, -0.05) is 24.3 Å². The van der Waals surface area contributed by atoms with Gasteiger partial charge in [-0.2, -0.15) is 18.2 Å². The average molecular weight is 361 g/mol. The Morgan fingerprint density at radius 2 is 1.69 bits per heavy atom. The van der Waals surface area contributed by atoms with Crippen LogP contribution in [0.25, 0.3) is 0 Å². The number of anilines is 2. The van der Waals surface area contributed by atoms with Gasteiger partial charge in [-0.15, -0.1) is 0 Å². The molecule has 1 heterocycles. The number of halogens is 3. The van der Waals surface area contributed by atoms with E-state index in [1.54, 1.807) is 36.4 Å². The lowest BCUT2D eigenvalue weighted by molar-refractivity contribution is -0.139. The SMILES string of the molecule is COc1cccc(Oc2nc(Nc3ccccc3)ncc2C(F)(F)F)c1. The molecule has 5 nitrogen and oxygen atoms in total. The number of alkyl halides is 3. The molecule has 3 rings (SSSR count). The van der Waals surface area contributed by atoms with Crippen molar-refractivity contribution in [1.82, 2.24) is 9.97 Å². The van der Waals surface area contributed by atoms with E-state index in [1.165, 1.54) is 19.2 Å². The summed E-state index contributed by atoms with van der Waals surface area (Å²) in [4.78, 5) is 7.61. The fourth-order valence-corrected chi connectivity index (χ4v) is 2.13. The Bertz CT molecular complexity index is 886. The number of methoxy groups -OCH3 is 1. The van der Waals surface area contributed by atoms with Gasteiger partial charge in [-0.05, 0) is 24.3 Å². The molecular formula is C18H14F3N3O2. The van der Waals surface area contributed by atoms with E-state index < -0.39 is 17.6 Å². The number of benzene rings is 2. The van der Waals surface area contributed by atoms with Crippen LogP contribution in [-0.4, -0.2) is 17.1 Å². The molecule has 2 aromatic carbocycles. The fraction of sp³-hybridized carbons (Fsp3) is 0.111. The summed E-state index contributed by atoms with van der Waals surface area (Å²) in [5.74, 6) is 0.00763.